The van der Waals surface area contributed by atoms with Gasteiger partial charge in [-0.1, -0.05) is 18.5 Å². The van der Waals surface area contributed by atoms with Gasteiger partial charge in [0.2, 0.25) is 6.79 Å². The van der Waals surface area contributed by atoms with Crippen molar-refractivity contribution in [2.75, 3.05) is 20.4 Å². The molecule has 1 unspecified atom stereocenters. The van der Waals surface area contributed by atoms with Crippen LogP contribution in [0.25, 0.3) is 0 Å². The molecule has 5 heteroatoms. The summed E-state index contributed by atoms with van der Waals surface area (Å²) >= 11 is 6.11. The molecule has 0 spiro atoms. The topological polar surface area (TPSA) is 53.7 Å². The monoisotopic (exact) mass is 243 g/mol. The average molecular weight is 244 g/mol. The van der Waals surface area contributed by atoms with E-state index in [0.717, 1.165) is 5.56 Å². The molecule has 0 fully saturated rings. The molecule has 4 nitrogen and oxygen atoms in total. The Morgan fingerprint density at radius 3 is 2.94 bits per heavy atom. The number of ether oxygens (including phenoxy) is 3. The van der Waals surface area contributed by atoms with Crippen LogP contribution in [0.4, 0.5) is 0 Å². The molecule has 0 bridgehead atoms. The molecular weight excluding hydrogens is 230 g/mol. The molecule has 0 amide bonds. The third-order valence-electron chi connectivity index (χ3n) is 2.66. The molecule has 0 aromatic heterocycles. The van der Waals surface area contributed by atoms with Crippen LogP contribution in [-0.2, 0) is 0 Å². The molecule has 1 aromatic carbocycles. The zero-order chi connectivity index (χ0) is 11.7. The van der Waals surface area contributed by atoms with Crippen LogP contribution in [0.1, 0.15) is 18.4 Å². The van der Waals surface area contributed by atoms with E-state index in [0.29, 0.717) is 28.8 Å². The van der Waals surface area contributed by atoms with Gasteiger partial charge in [-0.3, -0.25) is 0 Å². The predicted molar refractivity (Wildman–Crippen MR) is 61.6 cm³/mol. The predicted octanol–water partition coefficient (Wildman–Crippen LogP) is 2.14. The highest BCUT2D eigenvalue weighted by molar-refractivity contribution is 6.32. The summed E-state index contributed by atoms with van der Waals surface area (Å²) in [7, 11) is 1.58. The molecule has 1 aromatic rings. The van der Waals surface area contributed by atoms with Crippen LogP contribution < -0.4 is 19.9 Å². The quantitative estimate of drug-likeness (QED) is 0.884. The lowest BCUT2D eigenvalue weighted by Gasteiger charge is -2.17. The lowest BCUT2D eigenvalue weighted by Crippen LogP contribution is -2.11. The Labute approximate surface area is 99.2 Å². The molecule has 2 rings (SSSR count). The van der Waals surface area contributed by atoms with Crippen molar-refractivity contribution in [1.82, 2.24) is 0 Å². The number of hydrogen-bond donors (Lipinski definition) is 1. The zero-order valence-electron chi connectivity index (χ0n) is 9.25. The third kappa shape index (κ3) is 1.68. The van der Waals surface area contributed by atoms with E-state index < -0.39 is 0 Å². The van der Waals surface area contributed by atoms with Crippen LogP contribution in [0.3, 0.4) is 0 Å². The normalized spacial score (nSPS) is 15.0. The van der Waals surface area contributed by atoms with Crippen LogP contribution in [-0.4, -0.2) is 20.4 Å². The number of methoxy groups -OCH3 is 1. The van der Waals surface area contributed by atoms with Gasteiger partial charge in [-0.15, -0.1) is 0 Å². The molecule has 0 radical (unpaired) electrons. The number of hydrogen-bond acceptors (Lipinski definition) is 4. The maximum Gasteiger partial charge on any atom is 0.231 e. The highest BCUT2D eigenvalue weighted by atomic mass is 35.5. The van der Waals surface area contributed by atoms with Crippen molar-refractivity contribution in [3.63, 3.8) is 0 Å². The van der Waals surface area contributed by atoms with E-state index in [9.17, 15) is 0 Å². The standard InChI is InChI=1S/C11H14ClNO3/c1-6(4-13)9-10(14-2)7(12)3-8-11(9)16-5-15-8/h3,6H,4-5,13H2,1-2H3. The summed E-state index contributed by atoms with van der Waals surface area (Å²) in [6.45, 7) is 2.70. The highest BCUT2D eigenvalue weighted by Crippen LogP contribution is 2.48. The molecule has 16 heavy (non-hydrogen) atoms. The summed E-state index contributed by atoms with van der Waals surface area (Å²) in [6, 6.07) is 1.70. The number of fused-ring (bicyclic) bond motifs is 1. The largest absolute Gasteiger partial charge is 0.495 e. The first kappa shape index (κ1) is 11.4. The number of benzene rings is 1. The molecule has 88 valence electrons. The number of rotatable bonds is 3. The first-order chi connectivity index (χ1) is 7.69. The SMILES string of the molecule is COc1c(Cl)cc2c(c1C(C)CN)OCO2. The van der Waals surface area contributed by atoms with E-state index in [1.165, 1.54) is 0 Å². The maximum atomic E-state index is 6.11. The summed E-state index contributed by atoms with van der Waals surface area (Å²) in [4.78, 5) is 0. The smallest absolute Gasteiger partial charge is 0.231 e. The van der Waals surface area contributed by atoms with E-state index in [1.807, 2.05) is 6.92 Å². The van der Waals surface area contributed by atoms with Crippen molar-refractivity contribution in [1.29, 1.82) is 0 Å². The zero-order valence-corrected chi connectivity index (χ0v) is 10.0. The van der Waals surface area contributed by atoms with Crippen molar-refractivity contribution < 1.29 is 14.2 Å². The Bertz CT molecular complexity index is 405. The van der Waals surface area contributed by atoms with Crippen molar-refractivity contribution in [3.05, 3.63) is 16.7 Å². The van der Waals surface area contributed by atoms with Crippen molar-refractivity contribution in [3.8, 4) is 17.2 Å². The second-order valence-electron chi connectivity index (χ2n) is 3.68. The van der Waals surface area contributed by atoms with Crippen molar-refractivity contribution in [2.24, 2.45) is 5.73 Å². The molecule has 1 heterocycles. The third-order valence-corrected chi connectivity index (χ3v) is 2.94. The summed E-state index contributed by atoms with van der Waals surface area (Å²) in [5.74, 6) is 2.06. The van der Waals surface area contributed by atoms with E-state index in [-0.39, 0.29) is 12.7 Å². The van der Waals surface area contributed by atoms with Crippen LogP contribution in [0.5, 0.6) is 17.2 Å². The van der Waals surface area contributed by atoms with Crippen LogP contribution in [0.15, 0.2) is 6.07 Å². The Morgan fingerprint density at radius 1 is 1.56 bits per heavy atom. The van der Waals surface area contributed by atoms with Gasteiger partial charge in [0.15, 0.2) is 11.5 Å². The Hall–Kier alpha value is -1.13. The maximum absolute atomic E-state index is 6.11. The molecular formula is C11H14ClNO3. The fourth-order valence-corrected chi connectivity index (χ4v) is 2.07. The first-order valence-corrected chi connectivity index (χ1v) is 5.42. The number of halogens is 1. The van der Waals surface area contributed by atoms with E-state index >= 15 is 0 Å². The molecule has 1 aliphatic rings. The second-order valence-corrected chi connectivity index (χ2v) is 4.08. The van der Waals surface area contributed by atoms with Gasteiger partial charge in [0, 0.05) is 17.5 Å². The van der Waals surface area contributed by atoms with Gasteiger partial charge in [0.25, 0.3) is 0 Å². The van der Waals surface area contributed by atoms with E-state index in [2.05, 4.69) is 0 Å². The molecule has 0 saturated heterocycles. The summed E-state index contributed by atoms with van der Waals surface area (Å²) in [5.41, 5.74) is 6.56. The Balaban J connectivity index is 2.61. The minimum absolute atomic E-state index is 0.101. The van der Waals surface area contributed by atoms with Gasteiger partial charge >= 0.3 is 0 Å². The van der Waals surface area contributed by atoms with E-state index in [4.69, 9.17) is 31.5 Å². The first-order valence-electron chi connectivity index (χ1n) is 5.05. The average Bonchev–Trinajstić information content (AvgIpc) is 2.73. The fraction of sp³-hybridized carbons (Fsp3) is 0.455. The molecule has 0 aliphatic carbocycles. The molecule has 1 aliphatic heterocycles. The van der Waals surface area contributed by atoms with E-state index in [1.54, 1.807) is 13.2 Å². The van der Waals surface area contributed by atoms with Gasteiger partial charge < -0.3 is 19.9 Å². The lowest BCUT2D eigenvalue weighted by molar-refractivity contribution is 0.173. The van der Waals surface area contributed by atoms with Crippen molar-refractivity contribution >= 4 is 11.6 Å². The second kappa shape index (κ2) is 4.39. The minimum Gasteiger partial charge on any atom is -0.495 e. The summed E-state index contributed by atoms with van der Waals surface area (Å²) in [6.07, 6.45) is 0. The molecule has 0 saturated carbocycles. The van der Waals surface area contributed by atoms with Crippen LogP contribution in [0, 0.1) is 0 Å². The van der Waals surface area contributed by atoms with Gasteiger partial charge in [0.05, 0.1) is 12.1 Å². The molecule has 1 atom stereocenters. The van der Waals surface area contributed by atoms with Gasteiger partial charge in [-0.25, -0.2) is 0 Å². The Morgan fingerprint density at radius 2 is 2.31 bits per heavy atom. The van der Waals surface area contributed by atoms with Gasteiger partial charge in [-0.05, 0) is 6.54 Å². The summed E-state index contributed by atoms with van der Waals surface area (Å²) < 4.78 is 16.0. The van der Waals surface area contributed by atoms with Gasteiger partial charge in [0.1, 0.15) is 5.75 Å². The molecule has 2 N–H and O–H groups in total. The summed E-state index contributed by atoms with van der Waals surface area (Å²) in [5, 5.41) is 0.516. The minimum atomic E-state index is 0.101. The highest BCUT2D eigenvalue weighted by Gasteiger charge is 2.27. The van der Waals surface area contributed by atoms with Crippen LogP contribution in [0.2, 0.25) is 5.02 Å². The van der Waals surface area contributed by atoms with Crippen molar-refractivity contribution in [2.45, 2.75) is 12.8 Å². The van der Waals surface area contributed by atoms with Gasteiger partial charge in [-0.2, -0.15) is 0 Å². The van der Waals surface area contributed by atoms with Crippen LogP contribution >= 0.6 is 11.6 Å². The lowest BCUT2D eigenvalue weighted by atomic mass is 9.98. The number of nitrogens with two attached hydrogens (primary N) is 1. The fourth-order valence-electron chi connectivity index (χ4n) is 1.79. The Kier molecular flexibility index (Phi) is 3.12.